The van der Waals surface area contributed by atoms with Crippen molar-refractivity contribution in [1.29, 1.82) is 0 Å². The van der Waals surface area contributed by atoms with E-state index in [1.165, 1.54) is 24.0 Å². The zero-order chi connectivity index (χ0) is 11.0. The smallest absolute Gasteiger partial charge is 0.123 e. The number of nitrogens with one attached hydrogen (secondary N) is 1. The quantitative estimate of drug-likeness (QED) is 0.720. The van der Waals surface area contributed by atoms with Gasteiger partial charge in [0.25, 0.3) is 0 Å². The summed E-state index contributed by atoms with van der Waals surface area (Å²) < 4.78 is 6.30. The van der Waals surface area contributed by atoms with E-state index in [1.807, 2.05) is 0 Å². The molecule has 2 heteroatoms. The molecule has 2 aliphatic heterocycles. The Hall–Kier alpha value is -1.02. The van der Waals surface area contributed by atoms with Crippen LogP contribution in [0.2, 0.25) is 0 Å². The summed E-state index contributed by atoms with van der Waals surface area (Å²) in [4.78, 5) is 0. The normalized spacial score (nSPS) is 22.6. The van der Waals surface area contributed by atoms with Gasteiger partial charge < -0.3 is 10.1 Å². The third-order valence-electron chi connectivity index (χ3n) is 3.91. The molecule has 1 N–H and O–H groups in total. The van der Waals surface area contributed by atoms with E-state index >= 15 is 0 Å². The van der Waals surface area contributed by atoms with Crippen molar-refractivity contribution >= 4 is 0 Å². The standard InChI is InChI=1S/C14H19NO/c1-11-2-3-12-4-5-14(16-13(12)10-11)6-8-15-9-7-14/h2-3,10,15H,4-9H2,1H3. The maximum Gasteiger partial charge on any atom is 0.123 e. The first-order valence-electron chi connectivity index (χ1n) is 6.27. The highest BCUT2D eigenvalue weighted by atomic mass is 16.5. The fourth-order valence-corrected chi connectivity index (χ4v) is 2.84. The first-order chi connectivity index (χ1) is 7.77. The van der Waals surface area contributed by atoms with Crippen LogP contribution in [0.25, 0.3) is 0 Å². The summed E-state index contributed by atoms with van der Waals surface area (Å²) in [6, 6.07) is 6.60. The molecule has 1 aromatic rings. The van der Waals surface area contributed by atoms with Gasteiger partial charge >= 0.3 is 0 Å². The van der Waals surface area contributed by atoms with Gasteiger partial charge in [0.05, 0.1) is 0 Å². The Kier molecular flexibility index (Phi) is 2.40. The Balaban J connectivity index is 1.89. The van der Waals surface area contributed by atoms with Crippen LogP contribution in [0, 0.1) is 6.92 Å². The predicted molar refractivity (Wildman–Crippen MR) is 65.0 cm³/mol. The molecule has 2 aliphatic rings. The minimum atomic E-state index is 0.131. The van der Waals surface area contributed by atoms with Gasteiger partial charge in [0.2, 0.25) is 0 Å². The van der Waals surface area contributed by atoms with Crippen molar-refractivity contribution in [2.45, 2.75) is 38.2 Å². The fourth-order valence-electron chi connectivity index (χ4n) is 2.84. The Morgan fingerprint density at radius 3 is 2.81 bits per heavy atom. The van der Waals surface area contributed by atoms with E-state index in [9.17, 15) is 0 Å². The minimum absolute atomic E-state index is 0.131. The zero-order valence-corrected chi connectivity index (χ0v) is 9.88. The van der Waals surface area contributed by atoms with E-state index in [2.05, 4.69) is 30.4 Å². The Morgan fingerprint density at radius 2 is 2.00 bits per heavy atom. The molecule has 86 valence electrons. The molecule has 1 fully saturated rings. The number of fused-ring (bicyclic) bond motifs is 1. The van der Waals surface area contributed by atoms with Crippen LogP contribution in [0.1, 0.15) is 30.4 Å². The molecule has 0 saturated carbocycles. The van der Waals surface area contributed by atoms with Gasteiger partial charge in [-0.15, -0.1) is 0 Å². The van der Waals surface area contributed by atoms with Crippen LogP contribution in [-0.4, -0.2) is 18.7 Å². The summed E-state index contributed by atoms with van der Waals surface area (Å²) >= 11 is 0. The predicted octanol–water partition coefficient (Wildman–Crippen LogP) is 2.44. The molecule has 0 unspecified atom stereocenters. The van der Waals surface area contributed by atoms with E-state index in [-0.39, 0.29) is 5.60 Å². The molecule has 0 bridgehead atoms. The first kappa shape index (κ1) is 10.2. The summed E-state index contributed by atoms with van der Waals surface area (Å²) in [5.41, 5.74) is 2.81. The van der Waals surface area contributed by atoms with Crippen LogP contribution >= 0.6 is 0 Å². The van der Waals surface area contributed by atoms with Crippen molar-refractivity contribution in [3.05, 3.63) is 29.3 Å². The molecule has 0 aliphatic carbocycles. The molecule has 0 amide bonds. The zero-order valence-electron chi connectivity index (χ0n) is 9.88. The van der Waals surface area contributed by atoms with E-state index < -0.39 is 0 Å². The molecular weight excluding hydrogens is 198 g/mol. The maximum atomic E-state index is 6.30. The minimum Gasteiger partial charge on any atom is -0.487 e. The van der Waals surface area contributed by atoms with Crippen molar-refractivity contribution in [2.24, 2.45) is 0 Å². The maximum absolute atomic E-state index is 6.30. The molecule has 3 rings (SSSR count). The SMILES string of the molecule is Cc1ccc2c(c1)OC1(CCNCC1)CC2. The van der Waals surface area contributed by atoms with E-state index in [0.717, 1.165) is 31.7 Å². The van der Waals surface area contributed by atoms with Gasteiger partial charge in [0.15, 0.2) is 0 Å². The summed E-state index contributed by atoms with van der Waals surface area (Å²) in [7, 11) is 0. The lowest BCUT2D eigenvalue weighted by molar-refractivity contribution is 0.0169. The average Bonchev–Trinajstić information content (AvgIpc) is 2.29. The van der Waals surface area contributed by atoms with Gasteiger partial charge in [0, 0.05) is 0 Å². The van der Waals surface area contributed by atoms with Crippen molar-refractivity contribution in [1.82, 2.24) is 5.32 Å². The molecule has 16 heavy (non-hydrogen) atoms. The number of hydrogen-bond donors (Lipinski definition) is 1. The van der Waals surface area contributed by atoms with Crippen molar-refractivity contribution in [3.63, 3.8) is 0 Å². The summed E-state index contributed by atoms with van der Waals surface area (Å²) in [5.74, 6) is 1.13. The molecule has 2 heterocycles. The van der Waals surface area contributed by atoms with Crippen LogP contribution < -0.4 is 10.1 Å². The number of aryl methyl sites for hydroxylation is 2. The summed E-state index contributed by atoms with van der Waals surface area (Å²) in [6.45, 7) is 4.33. The van der Waals surface area contributed by atoms with Crippen molar-refractivity contribution < 1.29 is 4.74 Å². The van der Waals surface area contributed by atoms with Gasteiger partial charge in [-0.25, -0.2) is 0 Å². The molecule has 1 aromatic carbocycles. The highest BCUT2D eigenvalue weighted by Crippen LogP contribution is 2.38. The number of hydrogen-bond acceptors (Lipinski definition) is 2. The van der Waals surface area contributed by atoms with E-state index in [4.69, 9.17) is 4.74 Å². The second kappa shape index (κ2) is 3.77. The topological polar surface area (TPSA) is 21.3 Å². The molecule has 0 atom stereocenters. The van der Waals surface area contributed by atoms with Crippen LogP contribution in [0.4, 0.5) is 0 Å². The van der Waals surface area contributed by atoms with E-state index in [0.29, 0.717) is 0 Å². The molecule has 1 saturated heterocycles. The highest BCUT2D eigenvalue weighted by molar-refractivity contribution is 5.39. The number of ether oxygens (including phenoxy) is 1. The largest absolute Gasteiger partial charge is 0.487 e. The second-order valence-electron chi connectivity index (χ2n) is 5.15. The van der Waals surface area contributed by atoms with E-state index in [1.54, 1.807) is 0 Å². The number of rotatable bonds is 0. The van der Waals surface area contributed by atoms with Crippen molar-refractivity contribution in [3.8, 4) is 5.75 Å². The third-order valence-corrected chi connectivity index (χ3v) is 3.91. The lowest BCUT2D eigenvalue weighted by Gasteiger charge is -2.41. The Morgan fingerprint density at radius 1 is 1.19 bits per heavy atom. The van der Waals surface area contributed by atoms with Crippen molar-refractivity contribution in [2.75, 3.05) is 13.1 Å². The number of benzene rings is 1. The second-order valence-corrected chi connectivity index (χ2v) is 5.15. The van der Waals surface area contributed by atoms with Gasteiger partial charge in [-0.1, -0.05) is 12.1 Å². The summed E-state index contributed by atoms with van der Waals surface area (Å²) in [5, 5.41) is 3.41. The van der Waals surface area contributed by atoms with Crippen LogP contribution in [0.5, 0.6) is 5.75 Å². The van der Waals surface area contributed by atoms with Gasteiger partial charge in [-0.2, -0.15) is 0 Å². The highest BCUT2D eigenvalue weighted by Gasteiger charge is 2.37. The molecule has 2 nitrogen and oxygen atoms in total. The lowest BCUT2D eigenvalue weighted by Crippen LogP contribution is -2.48. The van der Waals surface area contributed by atoms with Crippen LogP contribution in [0.3, 0.4) is 0 Å². The lowest BCUT2D eigenvalue weighted by atomic mass is 9.83. The molecule has 0 radical (unpaired) electrons. The molecule has 1 spiro atoms. The summed E-state index contributed by atoms with van der Waals surface area (Å²) in [6.07, 6.45) is 4.67. The Labute approximate surface area is 97.0 Å². The Bertz CT molecular complexity index is 394. The fraction of sp³-hybridized carbons (Fsp3) is 0.571. The number of piperidine rings is 1. The van der Waals surface area contributed by atoms with Gasteiger partial charge in [0.1, 0.15) is 11.4 Å². The average molecular weight is 217 g/mol. The first-order valence-corrected chi connectivity index (χ1v) is 6.27. The third kappa shape index (κ3) is 1.71. The monoisotopic (exact) mass is 217 g/mol. The van der Waals surface area contributed by atoms with Gasteiger partial charge in [-0.05, 0) is 62.9 Å². The van der Waals surface area contributed by atoms with Gasteiger partial charge in [-0.3, -0.25) is 0 Å². The molecular formula is C14H19NO. The van der Waals surface area contributed by atoms with Crippen LogP contribution in [-0.2, 0) is 6.42 Å². The van der Waals surface area contributed by atoms with Crippen LogP contribution in [0.15, 0.2) is 18.2 Å². The molecule has 0 aromatic heterocycles.